The van der Waals surface area contributed by atoms with Gasteiger partial charge in [-0.15, -0.1) is 0 Å². The van der Waals surface area contributed by atoms with Gasteiger partial charge in [-0.1, -0.05) is 37.4 Å². The van der Waals surface area contributed by atoms with Gasteiger partial charge in [0.2, 0.25) is 0 Å². The SMILES string of the molecule is C=CC(=O)Oc1ccc(OC(=O)c2ccc(-c3ccc(OC(=O)C(=C)CO)cc3)cc2)cc1. The van der Waals surface area contributed by atoms with Crippen molar-refractivity contribution in [1.82, 2.24) is 0 Å². The van der Waals surface area contributed by atoms with E-state index >= 15 is 0 Å². The maximum atomic E-state index is 12.4. The van der Waals surface area contributed by atoms with Crippen LogP contribution in [-0.4, -0.2) is 29.6 Å². The standard InChI is InChI=1S/C26H20O7/c1-3-24(28)31-21-12-14-23(15-13-21)33-26(30)20-6-4-18(5-7-20)19-8-10-22(11-9-19)32-25(29)17(2)16-27/h3-15,27H,1-2,16H2. The van der Waals surface area contributed by atoms with E-state index in [4.69, 9.17) is 19.3 Å². The highest BCUT2D eigenvalue weighted by Crippen LogP contribution is 2.24. The number of hydrogen-bond donors (Lipinski definition) is 1. The second-order valence-electron chi connectivity index (χ2n) is 6.74. The smallest absolute Gasteiger partial charge is 0.343 e. The highest BCUT2D eigenvalue weighted by atomic mass is 16.5. The first kappa shape index (κ1) is 23.2. The van der Waals surface area contributed by atoms with Crippen molar-refractivity contribution in [2.75, 3.05) is 6.61 Å². The van der Waals surface area contributed by atoms with Crippen LogP contribution in [0.15, 0.2) is 97.6 Å². The normalized spacial score (nSPS) is 10.1. The Morgan fingerprint density at radius 3 is 1.70 bits per heavy atom. The fraction of sp³-hybridized carbons (Fsp3) is 0.0385. The molecule has 3 rings (SSSR count). The van der Waals surface area contributed by atoms with Gasteiger partial charge in [0.15, 0.2) is 0 Å². The Morgan fingerprint density at radius 2 is 1.18 bits per heavy atom. The lowest BCUT2D eigenvalue weighted by Crippen LogP contribution is -2.12. The maximum Gasteiger partial charge on any atom is 0.343 e. The topological polar surface area (TPSA) is 99.1 Å². The van der Waals surface area contributed by atoms with Crippen LogP contribution >= 0.6 is 0 Å². The lowest BCUT2D eigenvalue weighted by Gasteiger charge is -2.08. The summed E-state index contributed by atoms with van der Waals surface area (Å²) in [4.78, 5) is 35.3. The zero-order chi connectivity index (χ0) is 23.8. The molecule has 3 aromatic rings. The number of carbonyl (C=O) groups excluding carboxylic acids is 3. The number of aliphatic hydroxyl groups excluding tert-OH is 1. The number of benzene rings is 3. The van der Waals surface area contributed by atoms with Crippen molar-refractivity contribution in [3.8, 4) is 28.4 Å². The third-order valence-corrected chi connectivity index (χ3v) is 4.42. The Hall–Kier alpha value is -4.49. The molecule has 3 aromatic carbocycles. The Kier molecular flexibility index (Phi) is 7.51. The zero-order valence-electron chi connectivity index (χ0n) is 17.5. The van der Waals surface area contributed by atoms with Gasteiger partial charge < -0.3 is 19.3 Å². The molecule has 33 heavy (non-hydrogen) atoms. The van der Waals surface area contributed by atoms with Crippen molar-refractivity contribution in [2.45, 2.75) is 0 Å². The zero-order valence-corrected chi connectivity index (χ0v) is 17.5. The molecule has 0 saturated carbocycles. The van der Waals surface area contributed by atoms with Gasteiger partial charge in [-0.25, -0.2) is 14.4 Å². The van der Waals surface area contributed by atoms with Crippen molar-refractivity contribution in [3.63, 3.8) is 0 Å². The maximum absolute atomic E-state index is 12.4. The first-order valence-electron chi connectivity index (χ1n) is 9.77. The molecule has 7 nitrogen and oxygen atoms in total. The number of rotatable bonds is 8. The molecule has 0 radical (unpaired) electrons. The lowest BCUT2D eigenvalue weighted by atomic mass is 10.0. The van der Waals surface area contributed by atoms with E-state index in [1.807, 2.05) is 0 Å². The first-order valence-corrected chi connectivity index (χ1v) is 9.77. The van der Waals surface area contributed by atoms with Crippen LogP contribution in [0.3, 0.4) is 0 Å². The van der Waals surface area contributed by atoms with Gasteiger partial charge >= 0.3 is 17.9 Å². The van der Waals surface area contributed by atoms with Crippen LogP contribution in [0, 0.1) is 0 Å². The molecule has 0 aliphatic heterocycles. The van der Waals surface area contributed by atoms with E-state index in [1.165, 1.54) is 24.3 Å². The average molecular weight is 444 g/mol. The molecule has 1 N–H and O–H groups in total. The lowest BCUT2D eigenvalue weighted by molar-refractivity contribution is -0.131. The highest BCUT2D eigenvalue weighted by Gasteiger charge is 2.11. The number of ether oxygens (including phenoxy) is 3. The summed E-state index contributed by atoms with van der Waals surface area (Å²) in [7, 11) is 0. The van der Waals surface area contributed by atoms with Crippen molar-refractivity contribution in [1.29, 1.82) is 0 Å². The van der Waals surface area contributed by atoms with E-state index < -0.39 is 24.5 Å². The van der Waals surface area contributed by atoms with Crippen LogP contribution in [0.1, 0.15) is 10.4 Å². The van der Waals surface area contributed by atoms with Gasteiger partial charge in [-0.05, 0) is 59.7 Å². The molecular weight excluding hydrogens is 424 g/mol. The minimum absolute atomic E-state index is 0.0337. The van der Waals surface area contributed by atoms with Crippen LogP contribution in [0.2, 0.25) is 0 Å². The monoisotopic (exact) mass is 444 g/mol. The van der Waals surface area contributed by atoms with Gasteiger partial charge in [0.25, 0.3) is 0 Å². The molecule has 0 aromatic heterocycles. The average Bonchev–Trinajstić information content (AvgIpc) is 2.85. The van der Waals surface area contributed by atoms with E-state index in [0.717, 1.165) is 17.2 Å². The second-order valence-corrected chi connectivity index (χ2v) is 6.74. The van der Waals surface area contributed by atoms with E-state index in [0.29, 0.717) is 22.8 Å². The summed E-state index contributed by atoms with van der Waals surface area (Å²) in [5.41, 5.74) is 2.01. The Bertz CT molecular complexity index is 1170. The molecule has 0 atom stereocenters. The largest absolute Gasteiger partial charge is 0.423 e. The Balaban J connectivity index is 1.62. The molecule has 0 heterocycles. The molecular formula is C26H20O7. The molecule has 0 bridgehead atoms. The molecule has 0 unspecified atom stereocenters. The quantitative estimate of drug-likeness (QED) is 0.317. The van der Waals surface area contributed by atoms with Crippen molar-refractivity contribution in [3.05, 3.63) is 103 Å². The van der Waals surface area contributed by atoms with Gasteiger partial charge in [-0.3, -0.25) is 0 Å². The fourth-order valence-corrected chi connectivity index (χ4v) is 2.66. The molecule has 0 amide bonds. The third kappa shape index (κ3) is 6.25. The van der Waals surface area contributed by atoms with Crippen molar-refractivity contribution >= 4 is 17.9 Å². The Labute approximate surface area is 190 Å². The molecule has 0 saturated heterocycles. The summed E-state index contributed by atoms with van der Waals surface area (Å²) in [6, 6.07) is 19.6. The molecule has 0 fully saturated rings. The number of esters is 3. The van der Waals surface area contributed by atoms with Gasteiger partial charge in [0.1, 0.15) is 17.2 Å². The number of carbonyl (C=O) groups is 3. The molecule has 166 valence electrons. The van der Waals surface area contributed by atoms with Crippen LogP contribution in [0.25, 0.3) is 11.1 Å². The second kappa shape index (κ2) is 10.7. The van der Waals surface area contributed by atoms with Crippen molar-refractivity contribution in [2.24, 2.45) is 0 Å². The Morgan fingerprint density at radius 1 is 0.727 bits per heavy atom. The van der Waals surface area contributed by atoms with Crippen LogP contribution in [0.5, 0.6) is 17.2 Å². The molecule has 0 aliphatic rings. The van der Waals surface area contributed by atoms with Crippen LogP contribution in [-0.2, 0) is 9.59 Å². The summed E-state index contributed by atoms with van der Waals surface area (Å²) in [6.45, 7) is 6.27. The summed E-state index contributed by atoms with van der Waals surface area (Å²) >= 11 is 0. The van der Waals surface area contributed by atoms with E-state index in [-0.39, 0.29) is 5.57 Å². The minimum atomic E-state index is -0.694. The summed E-state index contributed by atoms with van der Waals surface area (Å²) in [5.74, 6) is -0.879. The van der Waals surface area contributed by atoms with E-state index in [9.17, 15) is 14.4 Å². The van der Waals surface area contributed by atoms with Crippen molar-refractivity contribution < 1.29 is 33.7 Å². The van der Waals surface area contributed by atoms with Gasteiger partial charge in [-0.2, -0.15) is 0 Å². The van der Waals surface area contributed by atoms with Crippen LogP contribution in [0.4, 0.5) is 0 Å². The summed E-state index contributed by atoms with van der Waals surface area (Å²) in [5, 5.41) is 8.92. The number of hydrogen-bond acceptors (Lipinski definition) is 7. The third-order valence-electron chi connectivity index (χ3n) is 4.42. The van der Waals surface area contributed by atoms with E-state index in [2.05, 4.69) is 13.2 Å². The molecule has 0 spiro atoms. The summed E-state index contributed by atoms with van der Waals surface area (Å²) < 4.78 is 15.4. The first-order chi connectivity index (χ1) is 15.9. The summed E-state index contributed by atoms with van der Waals surface area (Å²) in [6.07, 6.45) is 1.05. The van der Waals surface area contributed by atoms with Crippen LogP contribution < -0.4 is 14.2 Å². The van der Waals surface area contributed by atoms with E-state index in [1.54, 1.807) is 48.5 Å². The molecule has 0 aliphatic carbocycles. The number of aliphatic hydroxyl groups is 1. The highest BCUT2D eigenvalue weighted by molar-refractivity contribution is 5.92. The van der Waals surface area contributed by atoms with Gasteiger partial charge in [0, 0.05) is 6.08 Å². The molecule has 7 heteroatoms. The fourth-order valence-electron chi connectivity index (χ4n) is 2.66. The minimum Gasteiger partial charge on any atom is -0.423 e. The predicted octanol–water partition coefficient (Wildman–Crippen LogP) is 4.12. The predicted molar refractivity (Wildman–Crippen MR) is 121 cm³/mol. The van der Waals surface area contributed by atoms with Gasteiger partial charge in [0.05, 0.1) is 17.7 Å².